The number of carboxylic acid groups (broad SMARTS) is 1. The maximum absolute atomic E-state index is 14.1. The number of rotatable bonds is 4. The third-order valence-corrected chi connectivity index (χ3v) is 4.47. The van der Waals surface area contributed by atoms with Gasteiger partial charge in [0.05, 0.1) is 36.1 Å². The number of hydrogen-bond donors (Lipinski definition) is 1. The number of hydrogen-bond acceptors (Lipinski definition) is 4. The first-order valence-corrected chi connectivity index (χ1v) is 8.42. The van der Waals surface area contributed by atoms with Crippen molar-refractivity contribution in [3.8, 4) is 5.69 Å². The molecule has 3 rings (SSSR count). The van der Waals surface area contributed by atoms with E-state index in [1.165, 1.54) is 15.6 Å². The monoisotopic (exact) mass is 379 g/mol. The van der Waals surface area contributed by atoms with Crippen LogP contribution in [-0.2, 0) is 9.53 Å². The number of aliphatic carboxylic acids is 1. The number of carboxylic acids is 1. The average molecular weight is 379 g/mol. The van der Waals surface area contributed by atoms with Gasteiger partial charge in [-0.3, -0.25) is 9.59 Å². The minimum absolute atomic E-state index is 0.0433. The lowest BCUT2D eigenvalue weighted by molar-refractivity contribution is -0.141. The summed E-state index contributed by atoms with van der Waals surface area (Å²) in [6, 6.07) is 3.14. The predicted molar refractivity (Wildman–Crippen MR) is 90.9 cm³/mol. The molecule has 7 nitrogen and oxygen atoms in total. The highest BCUT2D eigenvalue weighted by atomic mass is 19.1. The van der Waals surface area contributed by atoms with Gasteiger partial charge < -0.3 is 14.7 Å². The molecule has 1 N–H and O–H groups in total. The van der Waals surface area contributed by atoms with Gasteiger partial charge >= 0.3 is 5.97 Å². The summed E-state index contributed by atoms with van der Waals surface area (Å²) in [6.45, 7) is 3.98. The third-order valence-electron chi connectivity index (χ3n) is 4.47. The van der Waals surface area contributed by atoms with E-state index in [1.54, 1.807) is 13.8 Å². The Balaban J connectivity index is 1.90. The molecular formula is C18H19F2N3O4. The van der Waals surface area contributed by atoms with Gasteiger partial charge in [0, 0.05) is 19.2 Å². The van der Waals surface area contributed by atoms with E-state index in [4.69, 9.17) is 9.84 Å². The molecule has 1 aliphatic heterocycles. The molecule has 1 saturated heterocycles. The molecule has 0 radical (unpaired) electrons. The van der Waals surface area contributed by atoms with Crippen LogP contribution in [0.4, 0.5) is 8.78 Å². The lowest BCUT2D eigenvalue weighted by atomic mass is 10.1. The number of benzene rings is 1. The van der Waals surface area contributed by atoms with Crippen molar-refractivity contribution in [1.29, 1.82) is 0 Å². The molecule has 9 heteroatoms. The van der Waals surface area contributed by atoms with Gasteiger partial charge in [-0.25, -0.2) is 13.5 Å². The van der Waals surface area contributed by atoms with Crippen LogP contribution in [0, 0.1) is 25.5 Å². The summed E-state index contributed by atoms with van der Waals surface area (Å²) < 4.78 is 33.9. The van der Waals surface area contributed by atoms with Gasteiger partial charge in [0.15, 0.2) is 5.82 Å². The molecule has 0 spiro atoms. The van der Waals surface area contributed by atoms with Crippen molar-refractivity contribution in [2.75, 3.05) is 19.7 Å². The number of aromatic nitrogens is 2. The first-order chi connectivity index (χ1) is 12.8. The van der Waals surface area contributed by atoms with Crippen LogP contribution in [0.2, 0.25) is 0 Å². The standard InChI is InChI=1S/C18H19F2N3O4/c1-10-17(18(26)22-5-6-27-13(9-22)8-16(24)25)11(2)23(21-10)15-4-3-12(19)7-14(15)20/h3-4,7,13H,5-6,8-9H2,1-2H3,(H,24,25)/t13-/m0/s1. The zero-order chi connectivity index (χ0) is 19.7. The molecule has 1 atom stereocenters. The van der Waals surface area contributed by atoms with Gasteiger partial charge in [-0.2, -0.15) is 5.10 Å². The van der Waals surface area contributed by atoms with Crippen molar-refractivity contribution in [3.63, 3.8) is 0 Å². The van der Waals surface area contributed by atoms with Gasteiger partial charge in [-0.05, 0) is 26.0 Å². The van der Waals surface area contributed by atoms with E-state index >= 15 is 0 Å². The molecule has 144 valence electrons. The zero-order valence-electron chi connectivity index (χ0n) is 14.9. The van der Waals surface area contributed by atoms with Crippen LogP contribution in [0.15, 0.2) is 18.2 Å². The maximum Gasteiger partial charge on any atom is 0.306 e. The Morgan fingerprint density at radius 2 is 2.07 bits per heavy atom. The van der Waals surface area contributed by atoms with Gasteiger partial charge in [-0.15, -0.1) is 0 Å². The van der Waals surface area contributed by atoms with E-state index < -0.39 is 23.7 Å². The van der Waals surface area contributed by atoms with Gasteiger partial charge in [0.2, 0.25) is 0 Å². The molecular weight excluding hydrogens is 360 g/mol. The number of nitrogens with zero attached hydrogens (tertiary/aromatic N) is 3. The van der Waals surface area contributed by atoms with Crippen LogP contribution in [0.5, 0.6) is 0 Å². The number of morpholine rings is 1. The Labute approximate surface area is 154 Å². The first kappa shape index (κ1) is 19.0. The number of ether oxygens (including phenoxy) is 1. The summed E-state index contributed by atoms with van der Waals surface area (Å²) in [6.07, 6.45) is -0.771. The Morgan fingerprint density at radius 1 is 1.33 bits per heavy atom. The second kappa shape index (κ2) is 7.43. The largest absolute Gasteiger partial charge is 0.481 e. The van der Waals surface area contributed by atoms with Crippen molar-refractivity contribution < 1.29 is 28.2 Å². The van der Waals surface area contributed by atoms with E-state index in [0.29, 0.717) is 23.5 Å². The SMILES string of the molecule is Cc1nn(-c2ccc(F)cc2F)c(C)c1C(=O)N1CCO[C@@H](CC(=O)O)C1. The summed E-state index contributed by atoms with van der Waals surface area (Å²) in [5.74, 6) is -2.81. The summed E-state index contributed by atoms with van der Waals surface area (Å²) in [5.41, 5.74) is 1.18. The molecule has 0 bridgehead atoms. The minimum Gasteiger partial charge on any atom is -0.481 e. The highest BCUT2D eigenvalue weighted by Crippen LogP contribution is 2.23. The molecule has 0 saturated carbocycles. The van der Waals surface area contributed by atoms with E-state index in [-0.39, 0.29) is 31.2 Å². The van der Waals surface area contributed by atoms with Crippen molar-refractivity contribution in [3.05, 3.63) is 46.8 Å². The van der Waals surface area contributed by atoms with E-state index in [0.717, 1.165) is 12.1 Å². The normalized spacial score (nSPS) is 17.2. The van der Waals surface area contributed by atoms with Gasteiger partial charge in [0.25, 0.3) is 5.91 Å². The van der Waals surface area contributed by atoms with Crippen LogP contribution >= 0.6 is 0 Å². The summed E-state index contributed by atoms with van der Waals surface area (Å²) >= 11 is 0. The maximum atomic E-state index is 14.1. The molecule has 1 fully saturated rings. The molecule has 27 heavy (non-hydrogen) atoms. The topological polar surface area (TPSA) is 84.7 Å². The number of halogens is 2. The van der Waals surface area contributed by atoms with Gasteiger partial charge in [0.1, 0.15) is 11.5 Å². The average Bonchev–Trinajstić information content (AvgIpc) is 2.88. The molecule has 1 aromatic heterocycles. The Hall–Kier alpha value is -2.81. The fraction of sp³-hybridized carbons (Fsp3) is 0.389. The Kier molecular flexibility index (Phi) is 5.22. The molecule has 2 heterocycles. The predicted octanol–water partition coefficient (Wildman–Crippen LogP) is 2.08. The quantitative estimate of drug-likeness (QED) is 0.879. The number of carbonyl (C=O) groups excluding carboxylic acids is 1. The summed E-state index contributed by atoms with van der Waals surface area (Å²) in [7, 11) is 0. The molecule has 0 aliphatic carbocycles. The van der Waals surface area contributed by atoms with Crippen molar-refractivity contribution in [2.24, 2.45) is 0 Å². The zero-order valence-corrected chi connectivity index (χ0v) is 14.9. The van der Waals surface area contributed by atoms with E-state index in [1.807, 2.05) is 0 Å². The highest BCUT2D eigenvalue weighted by Gasteiger charge is 2.30. The molecule has 1 aromatic carbocycles. The van der Waals surface area contributed by atoms with E-state index in [2.05, 4.69) is 5.10 Å². The smallest absolute Gasteiger partial charge is 0.306 e. The summed E-state index contributed by atoms with van der Waals surface area (Å²) in [5, 5.41) is 13.1. The van der Waals surface area contributed by atoms with E-state index in [9.17, 15) is 18.4 Å². The molecule has 2 aromatic rings. The van der Waals surface area contributed by atoms with Crippen molar-refractivity contribution in [2.45, 2.75) is 26.4 Å². The fourth-order valence-corrected chi connectivity index (χ4v) is 3.22. The van der Waals surface area contributed by atoms with Crippen LogP contribution in [0.3, 0.4) is 0 Å². The minimum atomic E-state index is -0.999. The fourth-order valence-electron chi connectivity index (χ4n) is 3.22. The first-order valence-electron chi connectivity index (χ1n) is 8.42. The Morgan fingerprint density at radius 3 is 2.74 bits per heavy atom. The molecule has 1 aliphatic rings. The van der Waals surface area contributed by atoms with Crippen LogP contribution in [0.25, 0.3) is 5.69 Å². The second-order valence-corrected chi connectivity index (χ2v) is 6.40. The number of aryl methyl sites for hydroxylation is 1. The van der Waals surface area contributed by atoms with Crippen molar-refractivity contribution >= 4 is 11.9 Å². The van der Waals surface area contributed by atoms with Crippen molar-refractivity contribution in [1.82, 2.24) is 14.7 Å². The lowest BCUT2D eigenvalue weighted by Gasteiger charge is -2.32. The molecule has 0 unspecified atom stereocenters. The summed E-state index contributed by atoms with van der Waals surface area (Å²) in [4.78, 5) is 25.4. The van der Waals surface area contributed by atoms with Gasteiger partial charge in [-0.1, -0.05) is 0 Å². The van der Waals surface area contributed by atoms with Crippen LogP contribution < -0.4 is 0 Å². The molecule has 1 amide bonds. The lowest BCUT2D eigenvalue weighted by Crippen LogP contribution is -2.46. The number of amides is 1. The van der Waals surface area contributed by atoms with Crippen LogP contribution in [-0.4, -0.2) is 57.5 Å². The highest BCUT2D eigenvalue weighted by molar-refractivity contribution is 5.96. The number of carbonyl (C=O) groups is 2. The second-order valence-electron chi connectivity index (χ2n) is 6.40. The third kappa shape index (κ3) is 3.82. The Bertz CT molecular complexity index is 897. The van der Waals surface area contributed by atoms with Crippen LogP contribution in [0.1, 0.15) is 28.2 Å².